The SMILES string of the molecule is COCC(=O)N(C)CC(=O)N1CC2(CCC2)C1c1ccccc1. The molecular formula is C18H24N2O3. The molecule has 5 heteroatoms. The van der Waals surface area contributed by atoms with Crippen LogP contribution < -0.4 is 0 Å². The molecule has 0 radical (unpaired) electrons. The van der Waals surface area contributed by atoms with Crippen LogP contribution in [-0.4, -0.2) is 55.5 Å². The van der Waals surface area contributed by atoms with Gasteiger partial charge in [-0.05, 0) is 18.4 Å². The van der Waals surface area contributed by atoms with Crippen molar-refractivity contribution in [2.24, 2.45) is 5.41 Å². The number of ether oxygens (including phenoxy) is 1. The molecule has 124 valence electrons. The summed E-state index contributed by atoms with van der Waals surface area (Å²) >= 11 is 0. The quantitative estimate of drug-likeness (QED) is 0.833. The number of methoxy groups -OCH3 is 1. The Morgan fingerprint density at radius 2 is 2.00 bits per heavy atom. The largest absolute Gasteiger partial charge is 0.375 e. The van der Waals surface area contributed by atoms with E-state index in [-0.39, 0.29) is 36.4 Å². The summed E-state index contributed by atoms with van der Waals surface area (Å²) in [6.07, 6.45) is 3.63. The number of hydrogen-bond donors (Lipinski definition) is 0. The minimum atomic E-state index is -0.170. The number of rotatable bonds is 5. The van der Waals surface area contributed by atoms with Crippen molar-refractivity contribution in [3.63, 3.8) is 0 Å². The van der Waals surface area contributed by atoms with Crippen LogP contribution in [0.25, 0.3) is 0 Å². The summed E-state index contributed by atoms with van der Waals surface area (Å²) < 4.78 is 4.84. The van der Waals surface area contributed by atoms with Gasteiger partial charge in [-0.1, -0.05) is 36.8 Å². The van der Waals surface area contributed by atoms with Gasteiger partial charge in [0, 0.05) is 26.1 Å². The van der Waals surface area contributed by atoms with Crippen LogP contribution in [0.15, 0.2) is 30.3 Å². The van der Waals surface area contributed by atoms with Crippen LogP contribution in [0.2, 0.25) is 0 Å². The highest BCUT2D eigenvalue weighted by atomic mass is 16.5. The Hall–Kier alpha value is -1.88. The van der Waals surface area contributed by atoms with Crippen LogP contribution in [0.3, 0.4) is 0 Å². The second kappa shape index (κ2) is 6.32. The lowest BCUT2D eigenvalue weighted by atomic mass is 9.56. The third kappa shape index (κ3) is 2.85. The fourth-order valence-corrected chi connectivity index (χ4v) is 3.81. The lowest BCUT2D eigenvalue weighted by Crippen LogP contribution is -2.64. The van der Waals surface area contributed by atoms with Crippen LogP contribution >= 0.6 is 0 Å². The second-order valence-electron chi connectivity index (χ2n) is 6.73. The van der Waals surface area contributed by atoms with E-state index in [1.165, 1.54) is 36.8 Å². The number of carbonyl (C=O) groups is 2. The van der Waals surface area contributed by atoms with Crippen molar-refractivity contribution in [3.8, 4) is 0 Å². The number of hydrogen-bond acceptors (Lipinski definition) is 3. The summed E-state index contributed by atoms with van der Waals surface area (Å²) in [7, 11) is 3.13. The molecule has 3 rings (SSSR count). The average Bonchev–Trinajstić information content (AvgIpc) is 2.46. The Balaban J connectivity index is 1.70. The zero-order chi connectivity index (χ0) is 16.4. The summed E-state index contributed by atoms with van der Waals surface area (Å²) in [5.41, 5.74) is 1.48. The van der Waals surface area contributed by atoms with Crippen molar-refractivity contribution in [1.29, 1.82) is 0 Å². The predicted molar refractivity (Wildman–Crippen MR) is 86.7 cm³/mol. The maximum atomic E-state index is 12.6. The molecule has 0 aromatic heterocycles. The first-order chi connectivity index (χ1) is 11.1. The number of likely N-dealkylation sites (N-methyl/N-ethyl adjacent to an activating group) is 1. The summed E-state index contributed by atoms with van der Waals surface area (Å²) in [5, 5.41) is 0. The maximum Gasteiger partial charge on any atom is 0.248 e. The first kappa shape index (κ1) is 16.0. The van der Waals surface area contributed by atoms with E-state index in [9.17, 15) is 9.59 Å². The molecule has 2 fully saturated rings. The Morgan fingerprint density at radius 1 is 1.30 bits per heavy atom. The molecule has 1 spiro atoms. The molecule has 5 nitrogen and oxygen atoms in total. The van der Waals surface area contributed by atoms with Gasteiger partial charge in [-0.2, -0.15) is 0 Å². The molecule has 1 saturated carbocycles. The smallest absolute Gasteiger partial charge is 0.248 e. The van der Waals surface area contributed by atoms with Gasteiger partial charge < -0.3 is 14.5 Å². The molecule has 1 unspecified atom stereocenters. The van der Waals surface area contributed by atoms with Gasteiger partial charge in [0.25, 0.3) is 0 Å². The van der Waals surface area contributed by atoms with Crippen LogP contribution in [0, 0.1) is 5.41 Å². The van der Waals surface area contributed by atoms with Gasteiger partial charge in [0.1, 0.15) is 6.61 Å². The van der Waals surface area contributed by atoms with Gasteiger partial charge >= 0.3 is 0 Å². The summed E-state index contributed by atoms with van der Waals surface area (Å²) in [5.74, 6) is -0.153. The lowest BCUT2D eigenvalue weighted by molar-refractivity contribution is -0.171. The van der Waals surface area contributed by atoms with E-state index >= 15 is 0 Å². The minimum Gasteiger partial charge on any atom is -0.375 e. The van der Waals surface area contributed by atoms with Crippen molar-refractivity contribution < 1.29 is 14.3 Å². The Bertz CT molecular complexity index is 583. The van der Waals surface area contributed by atoms with Gasteiger partial charge in [-0.25, -0.2) is 0 Å². The number of amides is 2. The Kier molecular flexibility index (Phi) is 4.39. The Morgan fingerprint density at radius 3 is 2.57 bits per heavy atom. The first-order valence-electron chi connectivity index (χ1n) is 8.15. The second-order valence-corrected chi connectivity index (χ2v) is 6.73. The summed E-state index contributed by atoms with van der Waals surface area (Å²) in [6, 6.07) is 10.4. The van der Waals surface area contributed by atoms with Crippen LogP contribution in [0.5, 0.6) is 0 Å². The average molecular weight is 316 g/mol. The molecule has 1 aromatic carbocycles. The fourth-order valence-electron chi connectivity index (χ4n) is 3.81. The molecule has 1 saturated heterocycles. The predicted octanol–water partition coefficient (Wildman–Crippen LogP) is 1.84. The topological polar surface area (TPSA) is 49.9 Å². The molecule has 1 heterocycles. The normalized spacial score (nSPS) is 21.5. The Labute approximate surface area is 137 Å². The van der Waals surface area contributed by atoms with E-state index in [1.807, 2.05) is 23.1 Å². The zero-order valence-corrected chi connectivity index (χ0v) is 13.8. The van der Waals surface area contributed by atoms with Gasteiger partial charge in [-0.15, -0.1) is 0 Å². The number of likely N-dealkylation sites (tertiary alicyclic amines) is 1. The standard InChI is InChI=1S/C18H24N2O3/c1-19(16(22)12-23-2)11-15(21)20-13-18(9-6-10-18)17(20)14-7-4-3-5-8-14/h3-5,7-8,17H,6,9-13H2,1-2H3. The van der Waals surface area contributed by atoms with E-state index in [1.54, 1.807) is 7.05 Å². The van der Waals surface area contributed by atoms with Crippen LogP contribution in [0.1, 0.15) is 30.9 Å². The number of carbonyl (C=O) groups excluding carboxylic acids is 2. The molecule has 1 atom stereocenters. The van der Waals surface area contributed by atoms with Gasteiger partial charge in [0.2, 0.25) is 11.8 Å². The van der Waals surface area contributed by atoms with Gasteiger partial charge in [-0.3, -0.25) is 9.59 Å². The highest BCUT2D eigenvalue weighted by Gasteiger charge is 2.57. The third-order valence-electron chi connectivity index (χ3n) is 5.23. The van der Waals surface area contributed by atoms with E-state index in [0.29, 0.717) is 0 Å². The van der Waals surface area contributed by atoms with E-state index < -0.39 is 0 Å². The monoisotopic (exact) mass is 316 g/mol. The highest BCUT2D eigenvalue weighted by molar-refractivity contribution is 5.86. The third-order valence-corrected chi connectivity index (χ3v) is 5.23. The van der Waals surface area contributed by atoms with Crippen molar-refractivity contribution in [3.05, 3.63) is 35.9 Å². The first-order valence-corrected chi connectivity index (χ1v) is 8.15. The van der Waals surface area contributed by atoms with Gasteiger partial charge in [0.05, 0.1) is 12.6 Å². The minimum absolute atomic E-state index is 0.00975. The van der Waals surface area contributed by atoms with Crippen molar-refractivity contribution in [1.82, 2.24) is 9.80 Å². The lowest BCUT2D eigenvalue weighted by Gasteiger charge is -2.62. The number of benzene rings is 1. The molecule has 0 bridgehead atoms. The molecule has 1 aliphatic carbocycles. The van der Waals surface area contributed by atoms with Crippen molar-refractivity contribution in [2.75, 3.05) is 33.9 Å². The summed E-state index contributed by atoms with van der Waals surface area (Å²) in [4.78, 5) is 27.8. The van der Waals surface area contributed by atoms with Crippen LogP contribution in [0.4, 0.5) is 0 Å². The van der Waals surface area contributed by atoms with Crippen molar-refractivity contribution in [2.45, 2.75) is 25.3 Å². The molecule has 1 aromatic rings. The fraction of sp³-hybridized carbons (Fsp3) is 0.556. The summed E-state index contributed by atoms with van der Waals surface area (Å²) in [6.45, 7) is 0.940. The van der Waals surface area contributed by atoms with Gasteiger partial charge in [0.15, 0.2) is 0 Å². The maximum absolute atomic E-state index is 12.6. The molecule has 0 N–H and O–H groups in total. The molecule has 2 amide bonds. The van der Waals surface area contributed by atoms with E-state index in [4.69, 9.17) is 4.74 Å². The molecule has 2 aliphatic rings. The highest BCUT2D eigenvalue weighted by Crippen LogP contribution is 2.60. The van der Waals surface area contributed by atoms with Crippen LogP contribution in [-0.2, 0) is 14.3 Å². The van der Waals surface area contributed by atoms with E-state index in [0.717, 1.165) is 6.54 Å². The van der Waals surface area contributed by atoms with E-state index in [2.05, 4.69) is 12.1 Å². The zero-order valence-electron chi connectivity index (χ0n) is 13.8. The van der Waals surface area contributed by atoms with Crippen molar-refractivity contribution >= 4 is 11.8 Å². The molecular weight excluding hydrogens is 292 g/mol. The molecule has 23 heavy (non-hydrogen) atoms. The molecule has 1 aliphatic heterocycles. The number of nitrogens with zero attached hydrogens (tertiary/aromatic N) is 2.